The number of hydrogen-bond donors (Lipinski definition) is 0. The van der Waals surface area contributed by atoms with Gasteiger partial charge in [-0.3, -0.25) is 4.99 Å². The molecule has 0 aromatic rings. The quantitative estimate of drug-likeness (QED) is 0.600. The number of rotatable bonds is 2. The van der Waals surface area contributed by atoms with Crippen molar-refractivity contribution in [2.24, 2.45) is 4.99 Å². The second-order valence-corrected chi connectivity index (χ2v) is 2.93. The summed E-state index contributed by atoms with van der Waals surface area (Å²) in [5.41, 5.74) is 0. The van der Waals surface area contributed by atoms with Gasteiger partial charge in [0.2, 0.25) is 0 Å². The van der Waals surface area contributed by atoms with Crippen LogP contribution in [0.3, 0.4) is 0 Å². The number of hydrogen-bond acceptors (Lipinski definition) is 2. The molecule has 2 heteroatoms. The van der Waals surface area contributed by atoms with Gasteiger partial charge in [0.05, 0.1) is 6.61 Å². The van der Waals surface area contributed by atoms with E-state index in [9.17, 15) is 0 Å². The number of nitrogens with zero attached hydrogens (tertiary/aromatic N) is 1. The molecule has 64 valence electrons. The van der Waals surface area contributed by atoms with Crippen molar-refractivity contribution in [3.63, 3.8) is 0 Å². The molecular formula is C9H17NO. The fourth-order valence-electron chi connectivity index (χ4n) is 1.19. The van der Waals surface area contributed by atoms with Gasteiger partial charge in [0.1, 0.15) is 0 Å². The minimum absolute atomic E-state index is 0.832. The van der Waals surface area contributed by atoms with E-state index in [0.29, 0.717) is 0 Å². The zero-order chi connectivity index (χ0) is 7.94. The third kappa shape index (κ3) is 3.40. The molecule has 1 aliphatic rings. The topological polar surface area (TPSA) is 21.6 Å². The molecule has 0 saturated carbocycles. The smallest absolute Gasteiger partial charge is 0.183 e. The predicted octanol–water partition coefficient (Wildman–Crippen LogP) is 2.39. The molecule has 0 spiro atoms. The fraction of sp³-hybridized carbons (Fsp3) is 0.889. The molecular weight excluding hydrogens is 138 g/mol. The summed E-state index contributed by atoms with van der Waals surface area (Å²) in [7, 11) is 0. The monoisotopic (exact) mass is 155 g/mol. The van der Waals surface area contributed by atoms with Gasteiger partial charge in [-0.2, -0.15) is 0 Å². The maximum absolute atomic E-state index is 5.46. The highest BCUT2D eigenvalue weighted by molar-refractivity contribution is 5.76. The predicted molar refractivity (Wildman–Crippen MR) is 47.0 cm³/mol. The van der Waals surface area contributed by atoms with E-state index in [0.717, 1.165) is 31.9 Å². The fourth-order valence-corrected chi connectivity index (χ4v) is 1.19. The van der Waals surface area contributed by atoms with E-state index in [4.69, 9.17) is 4.74 Å². The highest BCUT2D eigenvalue weighted by atomic mass is 16.5. The molecule has 0 unspecified atom stereocenters. The molecule has 0 atom stereocenters. The molecule has 11 heavy (non-hydrogen) atoms. The van der Waals surface area contributed by atoms with Gasteiger partial charge in [-0.25, -0.2) is 0 Å². The van der Waals surface area contributed by atoms with E-state index in [1.807, 2.05) is 0 Å². The minimum atomic E-state index is 0.832. The lowest BCUT2D eigenvalue weighted by atomic mass is 10.2. The van der Waals surface area contributed by atoms with E-state index < -0.39 is 0 Å². The Morgan fingerprint density at radius 2 is 2.27 bits per heavy atom. The minimum Gasteiger partial charge on any atom is -0.481 e. The van der Waals surface area contributed by atoms with Crippen molar-refractivity contribution in [3.05, 3.63) is 0 Å². The summed E-state index contributed by atoms with van der Waals surface area (Å²) < 4.78 is 5.46. The van der Waals surface area contributed by atoms with Gasteiger partial charge in [0.15, 0.2) is 5.90 Å². The molecule has 0 aliphatic carbocycles. The van der Waals surface area contributed by atoms with Crippen molar-refractivity contribution >= 4 is 5.90 Å². The summed E-state index contributed by atoms with van der Waals surface area (Å²) in [5, 5.41) is 0. The first-order chi connectivity index (χ1) is 5.43. The van der Waals surface area contributed by atoms with Gasteiger partial charge < -0.3 is 4.74 Å². The highest BCUT2D eigenvalue weighted by Crippen LogP contribution is 2.08. The van der Waals surface area contributed by atoms with E-state index >= 15 is 0 Å². The van der Waals surface area contributed by atoms with Crippen LogP contribution in [0.5, 0.6) is 0 Å². The lowest BCUT2D eigenvalue weighted by Gasteiger charge is -2.04. The van der Waals surface area contributed by atoms with Crippen molar-refractivity contribution in [1.29, 1.82) is 0 Å². The van der Waals surface area contributed by atoms with Crippen molar-refractivity contribution in [2.45, 2.75) is 39.0 Å². The van der Waals surface area contributed by atoms with Crippen molar-refractivity contribution < 1.29 is 4.74 Å². The Bertz CT molecular complexity index is 132. The van der Waals surface area contributed by atoms with Crippen molar-refractivity contribution in [1.82, 2.24) is 0 Å². The maximum Gasteiger partial charge on any atom is 0.183 e. The number of ether oxygens (including phenoxy) is 1. The van der Waals surface area contributed by atoms with E-state index in [-0.39, 0.29) is 0 Å². The Morgan fingerprint density at radius 3 is 3.09 bits per heavy atom. The molecule has 0 aromatic carbocycles. The second kappa shape index (κ2) is 5.16. The van der Waals surface area contributed by atoms with Gasteiger partial charge in [-0.15, -0.1) is 0 Å². The van der Waals surface area contributed by atoms with Crippen molar-refractivity contribution in [2.75, 3.05) is 13.2 Å². The van der Waals surface area contributed by atoms with E-state index in [2.05, 4.69) is 11.9 Å². The van der Waals surface area contributed by atoms with Crippen molar-refractivity contribution in [3.8, 4) is 0 Å². The van der Waals surface area contributed by atoms with Crippen LogP contribution in [-0.4, -0.2) is 19.0 Å². The molecule has 0 N–H and O–H groups in total. The Labute approximate surface area is 68.7 Å². The first-order valence-corrected chi connectivity index (χ1v) is 4.59. The summed E-state index contributed by atoms with van der Waals surface area (Å²) in [5.74, 6) is 0.990. The summed E-state index contributed by atoms with van der Waals surface area (Å²) in [6.45, 7) is 3.93. The molecule has 0 aromatic heterocycles. The second-order valence-electron chi connectivity index (χ2n) is 2.93. The van der Waals surface area contributed by atoms with Crippen LogP contribution in [0.2, 0.25) is 0 Å². The lowest BCUT2D eigenvalue weighted by molar-refractivity contribution is 0.294. The van der Waals surface area contributed by atoms with Gasteiger partial charge in [-0.05, 0) is 19.3 Å². The Kier molecular flexibility index (Phi) is 4.02. The highest BCUT2D eigenvalue weighted by Gasteiger charge is 2.03. The van der Waals surface area contributed by atoms with Crippen LogP contribution in [0.15, 0.2) is 4.99 Å². The van der Waals surface area contributed by atoms with Crippen LogP contribution < -0.4 is 0 Å². The Morgan fingerprint density at radius 1 is 1.36 bits per heavy atom. The SMILES string of the molecule is CCCOC1=NCCCCC1. The summed E-state index contributed by atoms with van der Waals surface area (Å²) >= 11 is 0. The van der Waals surface area contributed by atoms with Crippen LogP contribution in [0.25, 0.3) is 0 Å². The normalized spacial score (nSPS) is 18.8. The van der Waals surface area contributed by atoms with E-state index in [1.165, 1.54) is 19.3 Å². The standard InChI is InChI=1S/C9H17NO/c1-2-8-11-9-6-4-3-5-7-10-9/h2-8H2,1H3. The zero-order valence-corrected chi connectivity index (χ0v) is 7.31. The summed E-state index contributed by atoms with van der Waals surface area (Å²) in [4.78, 5) is 4.36. The van der Waals surface area contributed by atoms with Gasteiger partial charge >= 0.3 is 0 Å². The third-order valence-electron chi connectivity index (χ3n) is 1.81. The molecule has 1 aliphatic heterocycles. The Hall–Kier alpha value is -0.530. The lowest BCUT2D eigenvalue weighted by Crippen LogP contribution is -2.04. The molecule has 2 nitrogen and oxygen atoms in total. The largest absolute Gasteiger partial charge is 0.481 e. The van der Waals surface area contributed by atoms with Crippen LogP contribution >= 0.6 is 0 Å². The van der Waals surface area contributed by atoms with Gasteiger partial charge in [0.25, 0.3) is 0 Å². The van der Waals surface area contributed by atoms with Gasteiger partial charge in [0, 0.05) is 13.0 Å². The molecule has 0 radical (unpaired) electrons. The first kappa shape index (κ1) is 8.57. The molecule has 0 fully saturated rings. The average molecular weight is 155 g/mol. The maximum atomic E-state index is 5.46. The number of aliphatic imine (C=N–C) groups is 1. The third-order valence-corrected chi connectivity index (χ3v) is 1.81. The summed E-state index contributed by atoms with van der Waals surface area (Å²) in [6, 6.07) is 0. The average Bonchev–Trinajstić information content (AvgIpc) is 2.28. The first-order valence-electron chi connectivity index (χ1n) is 4.59. The molecule has 0 saturated heterocycles. The summed E-state index contributed by atoms with van der Waals surface area (Å²) in [6.07, 6.45) is 5.93. The van der Waals surface area contributed by atoms with Crippen LogP contribution in [-0.2, 0) is 4.74 Å². The molecule has 1 heterocycles. The molecule has 0 amide bonds. The zero-order valence-electron chi connectivity index (χ0n) is 7.31. The van der Waals surface area contributed by atoms with Gasteiger partial charge in [-0.1, -0.05) is 13.3 Å². The molecule has 0 bridgehead atoms. The Balaban J connectivity index is 2.23. The van der Waals surface area contributed by atoms with E-state index in [1.54, 1.807) is 0 Å². The van der Waals surface area contributed by atoms with Crippen LogP contribution in [0, 0.1) is 0 Å². The van der Waals surface area contributed by atoms with Crippen LogP contribution in [0.1, 0.15) is 39.0 Å². The molecule has 1 rings (SSSR count). The van der Waals surface area contributed by atoms with Crippen LogP contribution in [0.4, 0.5) is 0 Å².